The van der Waals surface area contributed by atoms with Gasteiger partial charge in [0.2, 0.25) is 0 Å². The molecular weight excluding hydrogens is 379 g/mol. The predicted molar refractivity (Wildman–Crippen MR) is 109 cm³/mol. The maximum Gasteiger partial charge on any atom is 0.165 e. The zero-order chi connectivity index (χ0) is 20.1. The largest absolute Gasteiger partial charge is 0.506 e. The quantitative estimate of drug-likeness (QED) is 0.493. The molecule has 0 spiro atoms. The van der Waals surface area contributed by atoms with Crippen molar-refractivity contribution in [3.05, 3.63) is 88.7 Å². The van der Waals surface area contributed by atoms with Gasteiger partial charge in [-0.25, -0.2) is 4.39 Å². The van der Waals surface area contributed by atoms with Gasteiger partial charge in [-0.15, -0.1) is 0 Å². The fourth-order valence-electron chi connectivity index (χ4n) is 2.77. The fraction of sp³-hybridized carbons (Fsp3) is 0.217. The van der Waals surface area contributed by atoms with Crippen LogP contribution in [0.4, 0.5) is 4.39 Å². The van der Waals surface area contributed by atoms with Crippen LogP contribution in [0.15, 0.2) is 66.7 Å². The second kappa shape index (κ2) is 8.63. The lowest BCUT2D eigenvalue weighted by molar-refractivity contribution is 0.0823. The van der Waals surface area contributed by atoms with Crippen molar-refractivity contribution in [2.45, 2.75) is 25.9 Å². The van der Waals surface area contributed by atoms with E-state index in [4.69, 9.17) is 21.1 Å². The van der Waals surface area contributed by atoms with Gasteiger partial charge in [-0.05, 0) is 47.5 Å². The van der Waals surface area contributed by atoms with E-state index in [1.54, 1.807) is 36.4 Å². The molecule has 0 aromatic heterocycles. The summed E-state index contributed by atoms with van der Waals surface area (Å²) < 4.78 is 25.6. The van der Waals surface area contributed by atoms with Crippen molar-refractivity contribution in [2.24, 2.45) is 0 Å². The van der Waals surface area contributed by atoms with Crippen LogP contribution in [0.2, 0.25) is 5.02 Å². The highest BCUT2D eigenvalue weighted by Gasteiger charge is 2.22. The number of ether oxygens (including phenoxy) is 2. The molecule has 3 aromatic carbocycles. The van der Waals surface area contributed by atoms with Gasteiger partial charge in [0, 0.05) is 5.41 Å². The molecule has 0 atom stereocenters. The second-order valence-corrected chi connectivity index (χ2v) is 7.63. The van der Waals surface area contributed by atoms with Crippen LogP contribution >= 0.6 is 11.6 Å². The molecule has 0 fully saturated rings. The standard InChI is InChI=1S/C23H22ClFO3/c1-23(2,17-9-11-21(26)19(24)13-17)15-27-14-16-8-10-20(25)22(12-16)28-18-6-4-3-5-7-18/h3-13,26H,14-15H2,1-2H3. The van der Waals surface area contributed by atoms with Crippen LogP contribution in [0, 0.1) is 5.82 Å². The summed E-state index contributed by atoms with van der Waals surface area (Å²) in [4.78, 5) is 0. The van der Waals surface area contributed by atoms with Crippen molar-refractivity contribution in [3.63, 3.8) is 0 Å². The van der Waals surface area contributed by atoms with Gasteiger partial charge in [0.15, 0.2) is 11.6 Å². The highest BCUT2D eigenvalue weighted by atomic mass is 35.5. The van der Waals surface area contributed by atoms with Gasteiger partial charge in [0.1, 0.15) is 11.5 Å². The molecule has 3 nitrogen and oxygen atoms in total. The monoisotopic (exact) mass is 400 g/mol. The summed E-state index contributed by atoms with van der Waals surface area (Å²) in [6, 6.07) is 18.9. The number of rotatable bonds is 7. The molecule has 0 bridgehead atoms. The minimum absolute atomic E-state index is 0.0550. The summed E-state index contributed by atoms with van der Waals surface area (Å²) in [6.07, 6.45) is 0. The molecule has 3 rings (SSSR count). The Hall–Kier alpha value is -2.56. The molecule has 0 unspecified atom stereocenters. The minimum atomic E-state index is -0.424. The average Bonchev–Trinajstić information content (AvgIpc) is 2.67. The summed E-state index contributed by atoms with van der Waals surface area (Å²) in [5.41, 5.74) is 1.47. The summed E-state index contributed by atoms with van der Waals surface area (Å²) in [7, 11) is 0. The lowest BCUT2D eigenvalue weighted by atomic mass is 9.85. The Kier molecular flexibility index (Phi) is 6.22. The predicted octanol–water partition coefficient (Wildman–Crippen LogP) is 6.47. The van der Waals surface area contributed by atoms with Crippen molar-refractivity contribution in [3.8, 4) is 17.2 Å². The summed E-state index contributed by atoms with van der Waals surface area (Å²) in [5, 5.41) is 9.89. The Balaban J connectivity index is 1.64. The Labute approximate surface area is 169 Å². The van der Waals surface area contributed by atoms with E-state index in [1.807, 2.05) is 38.1 Å². The van der Waals surface area contributed by atoms with Gasteiger partial charge in [-0.3, -0.25) is 0 Å². The molecule has 0 heterocycles. The van der Waals surface area contributed by atoms with E-state index < -0.39 is 5.82 Å². The van der Waals surface area contributed by atoms with Crippen LogP contribution in [0.25, 0.3) is 0 Å². The molecule has 0 saturated carbocycles. The van der Waals surface area contributed by atoms with E-state index in [1.165, 1.54) is 6.07 Å². The van der Waals surface area contributed by atoms with Gasteiger partial charge in [-0.1, -0.05) is 55.8 Å². The number of aromatic hydroxyl groups is 1. The highest BCUT2D eigenvalue weighted by molar-refractivity contribution is 6.32. The van der Waals surface area contributed by atoms with Gasteiger partial charge in [0.25, 0.3) is 0 Å². The molecule has 0 saturated heterocycles. The number of halogens is 2. The second-order valence-electron chi connectivity index (χ2n) is 7.22. The lowest BCUT2D eigenvalue weighted by Gasteiger charge is -2.25. The van der Waals surface area contributed by atoms with Gasteiger partial charge < -0.3 is 14.6 Å². The van der Waals surface area contributed by atoms with E-state index in [-0.39, 0.29) is 16.9 Å². The van der Waals surface area contributed by atoms with E-state index in [0.29, 0.717) is 24.0 Å². The zero-order valence-corrected chi connectivity index (χ0v) is 16.5. The third kappa shape index (κ3) is 5.03. The highest BCUT2D eigenvalue weighted by Crippen LogP contribution is 2.31. The third-order valence-electron chi connectivity index (χ3n) is 4.43. The number of phenols is 1. The van der Waals surface area contributed by atoms with Crippen LogP contribution in [0.3, 0.4) is 0 Å². The minimum Gasteiger partial charge on any atom is -0.506 e. The molecule has 1 N–H and O–H groups in total. The first-order valence-corrected chi connectivity index (χ1v) is 9.31. The van der Waals surface area contributed by atoms with Crippen molar-refractivity contribution < 1.29 is 19.0 Å². The number of hydrogen-bond donors (Lipinski definition) is 1. The Bertz CT molecular complexity index is 942. The smallest absolute Gasteiger partial charge is 0.165 e. The van der Waals surface area contributed by atoms with E-state index >= 15 is 0 Å². The van der Waals surface area contributed by atoms with E-state index in [0.717, 1.165) is 11.1 Å². The molecule has 3 aromatic rings. The average molecular weight is 401 g/mol. The van der Waals surface area contributed by atoms with Crippen molar-refractivity contribution in [1.29, 1.82) is 0 Å². The molecule has 0 aliphatic carbocycles. The first-order valence-electron chi connectivity index (χ1n) is 8.93. The summed E-state index contributed by atoms with van der Waals surface area (Å²) >= 11 is 6.01. The number of hydrogen-bond acceptors (Lipinski definition) is 3. The molecule has 146 valence electrons. The third-order valence-corrected chi connectivity index (χ3v) is 4.73. The van der Waals surface area contributed by atoms with Gasteiger partial charge >= 0.3 is 0 Å². The number of para-hydroxylation sites is 1. The molecule has 28 heavy (non-hydrogen) atoms. The number of benzene rings is 3. The van der Waals surface area contributed by atoms with E-state index in [2.05, 4.69) is 0 Å². The molecule has 5 heteroatoms. The van der Waals surface area contributed by atoms with Crippen molar-refractivity contribution in [2.75, 3.05) is 6.61 Å². The summed E-state index contributed by atoms with van der Waals surface area (Å²) in [5.74, 6) is 0.368. The molecule has 0 amide bonds. The Morgan fingerprint density at radius 1 is 1.00 bits per heavy atom. The first-order chi connectivity index (χ1) is 13.3. The van der Waals surface area contributed by atoms with Crippen molar-refractivity contribution in [1.82, 2.24) is 0 Å². The SMILES string of the molecule is CC(C)(COCc1ccc(F)c(Oc2ccccc2)c1)c1ccc(O)c(Cl)c1. The molecule has 0 aliphatic rings. The van der Waals surface area contributed by atoms with Crippen LogP contribution in [-0.2, 0) is 16.8 Å². The van der Waals surface area contributed by atoms with Gasteiger partial charge in [-0.2, -0.15) is 0 Å². The topological polar surface area (TPSA) is 38.7 Å². The van der Waals surface area contributed by atoms with E-state index in [9.17, 15) is 9.50 Å². The fourth-order valence-corrected chi connectivity index (χ4v) is 2.95. The van der Waals surface area contributed by atoms with Crippen LogP contribution in [0.5, 0.6) is 17.2 Å². The van der Waals surface area contributed by atoms with Gasteiger partial charge in [0.05, 0.1) is 18.2 Å². The normalized spacial score (nSPS) is 11.4. The maximum atomic E-state index is 14.1. The summed E-state index contributed by atoms with van der Waals surface area (Å²) in [6.45, 7) is 4.82. The van der Waals surface area contributed by atoms with Crippen LogP contribution in [-0.4, -0.2) is 11.7 Å². The first kappa shape index (κ1) is 20.2. The Morgan fingerprint density at radius 3 is 2.46 bits per heavy atom. The molecule has 0 radical (unpaired) electrons. The van der Waals surface area contributed by atoms with Crippen LogP contribution < -0.4 is 4.74 Å². The Morgan fingerprint density at radius 2 is 1.75 bits per heavy atom. The van der Waals surface area contributed by atoms with Crippen molar-refractivity contribution >= 4 is 11.6 Å². The lowest BCUT2D eigenvalue weighted by Crippen LogP contribution is -2.24. The maximum absolute atomic E-state index is 14.1. The number of phenolic OH excluding ortho intramolecular Hbond substituents is 1. The zero-order valence-electron chi connectivity index (χ0n) is 15.8. The molecule has 0 aliphatic heterocycles. The molecular formula is C23H22ClFO3. The van der Waals surface area contributed by atoms with Crippen LogP contribution in [0.1, 0.15) is 25.0 Å².